The van der Waals surface area contributed by atoms with E-state index in [9.17, 15) is 19.8 Å². The standard InChI is InChI=1S/C85H159NO5/c1-3-5-7-9-11-13-15-17-19-20-21-22-38-41-44-47-50-53-57-61-65-69-73-77-83(88)82(81-87)86-84(89)78-74-70-66-62-58-54-51-48-45-42-39-36-34-32-30-28-26-24-23-25-27-29-31-33-35-37-40-43-46-49-52-56-60-64-68-72-76-80-91-85(90)79-75-71-67-63-59-55-18-16-14-12-10-8-6-4-2/h10,12,16,18,23,25,29,31,73,77,82-83,87-88H,3-9,11,13-15,17,19-22,24,26-28,30,32-72,74-76,78-81H2,1-2H3,(H,86,89)/b12-10-,18-16-,25-23-,31-29-,77-73+. The fourth-order valence-electron chi connectivity index (χ4n) is 12.7. The highest BCUT2D eigenvalue weighted by Crippen LogP contribution is 2.19. The zero-order valence-electron chi connectivity index (χ0n) is 61.3. The number of unbranched alkanes of at least 4 members (excludes halogenated alkanes) is 58. The van der Waals surface area contributed by atoms with Gasteiger partial charge in [0.1, 0.15) is 0 Å². The Bertz CT molecular complexity index is 1570. The summed E-state index contributed by atoms with van der Waals surface area (Å²) in [5, 5.41) is 23.3. The van der Waals surface area contributed by atoms with E-state index in [1.54, 1.807) is 6.08 Å². The summed E-state index contributed by atoms with van der Waals surface area (Å²) in [5.74, 6) is -0.0568. The van der Waals surface area contributed by atoms with E-state index in [1.807, 2.05) is 6.08 Å². The predicted octanol–water partition coefficient (Wildman–Crippen LogP) is 27.3. The Labute approximate surface area is 569 Å². The van der Waals surface area contributed by atoms with E-state index in [0.29, 0.717) is 19.4 Å². The van der Waals surface area contributed by atoms with Gasteiger partial charge in [-0.25, -0.2) is 0 Å². The van der Waals surface area contributed by atoms with Crippen LogP contribution >= 0.6 is 0 Å². The van der Waals surface area contributed by atoms with Gasteiger partial charge in [0.25, 0.3) is 0 Å². The lowest BCUT2D eigenvalue weighted by atomic mass is 10.0. The number of rotatable bonds is 77. The smallest absolute Gasteiger partial charge is 0.305 e. The first-order valence-corrected chi connectivity index (χ1v) is 41.1. The lowest BCUT2D eigenvalue weighted by Gasteiger charge is -2.20. The van der Waals surface area contributed by atoms with E-state index in [4.69, 9.17) is 4.74 Å². The van der Waals surface area contributed by atoms with Crippen LogP contribution in [0.3, 0.4) is 0 Å². The van der Waals surface area contributed by atoms with E-state index in [-0.39, 0.29) is 18.5 Å². The highest BCUT2D eigenvalue weighted by Gasteiger charge is 2.18. The zero-order chi connectivity index (χ0) is 65.6. The number of carbonyl (C=O) groups is 2. The molecule has 6 nitrogen and oxygen atoms in total. The maximum atomic E-state index is 12.6. The Morgan fingerprint density at radius 1 is 0.308 bits per heavy atom. The van der Waals surface area contributed by atoms with Crippen molar-refractivity contribution in [1.82, 2.24) is 5.32 Å². The lowest BCUT2D eigenvalue weighted by molar-refractivity contribution is -0.143. The molecule has 0 aromatic rings. The number of allylic oxidation sites excluding steroid dienone is 9. The molecule has 2 atom stereocenters. The minimum atomic E-state index is -0.845. The summed E-state index contributed by atoms with van der Waals surface area (Å²) in [4.78, 5) is 24.6. The van der Waals surface area contributed by atoms with Crippen molar-refractivity contribution >= 4 is 11.9 Å². The van der Waals surface area contributed by atoms with E-state index in [1.165, 1.54) is 360 Å². The molecule has 0 aliphatic rings. The number of aliphatic hydroxyl groups excluding tert-OH is 2. The van der Waals surface area contributed by atoms with Crippen molar-refractivity contribution in [2.45, 2.75) is 456 Å². The van der Waals surface area contributed by atoms with Crippen molar-refractivity contribution in [3.63, 3.8) is 0 Å². The van der Waals surface area contributed by atoms with Crippen LogP contribution in [0.4, 0.5) is 0 Å². The van der Waals surface area contributed by atoms with Crippen LogP contribution in [0.5, 0.6) is 0 Å². The summed E-state index contributed by atoms with van der Waals surface area (Å²) < 4.78 is 5.49. The van der Waals surface area contributed by atoms with Crippen LogP contribution in [0, 0.1) is 0 Å². The lowest BCUT2D eigenvalue weighted by Crippen LogP contribution is -2.45. The number of amides is 1. The maximum absolute atomic E-state index is 12.6. The summed E-state index contributed by atoms with van der Waals surface area (Å²) in [6.45, 7) is 4.90. The summed E-state index contributed by atoms with van der Waals surface area (Å²) in [7, 11) is 0. The van der Waals surface area contributed by atoms with Gasteiger partial charge in [0.2, 0.25) is 5.91 Å². The number of esters is 1. The SMILES string of the molecule is CCCC/C=C\C/C=C\CCCCCCCC(=O)OCCCCCCCCCCCCCCC/C=C\C/C=C\CCCCCCCCCCCCCCCCCCCC(=O)NC(CO)C(O)/C=C/CCCCCCCCCCCCCCCCCCCCCCC. The molecule has 0 aromatic carbocycles. The molecular weight excluding hydrogens is 1110 g/mol. The summed E-state index contributed by atoms with van der Waals surface area (Å²) in [6, 6.07) is -0.628. The summed E-state index contributed by atoms with van der Waals surface area (Å²) >= 11 is 0. The molecule has 91 heavy (non-hydrogen) atoms. The van der Waals surface area contributed by atoms with Gasteiger partial charge in [-0.15, -0.1) is 0 Å². The number of hydrogen-bond acceptors (Lipinski definition) is 5. The molecule has 0 saturated heterocycles. The second kappa shape index (κ2) is 80.0. The molecule has 1 amide bonds. The monoisotopic (exact) mass is 1270 g/mol. The van der Waals surface area contributed by atoms with Crippen LogP contribution in [0.2, 0.25) is 0 Å². The highest BCUT2D eigenvalue weighted by molar-refractivity contribution is 5.76. The second-order valence-corrected chi connectivity index (χ2v) is 28.1. The molecule has 3 N–H and O–H groups in total. The first-order chi connectivity index (χ1) is 45.0. The Balaban J connectivity index is 3.39. The number of carbonyl (C=O) groups excluding carboxylic acids is 2. The van der Waals surface area contributed by atoms with Gasteiger partial charge in [-0.2, -0.15) is 0 Å². The topological polar surface area (TPSA) is 95.9 Å². The van der Waals surface area contributed by atoms with Gasteiger partial charge in [0.15, 0.2) is 0 Å². The average Bonchev–Trinajstić information content (AvgIpc) is 3.66. The Morgan fingerprint density at radius 2 is 0.560 bits per heavy atom. The van der Waals surface area contributed by atoms with Gasteiger partial charge in [0, 0.05) is 12.8 Å². The third-order valence-electron chi connectivity index (χ3n) is 19.0. The number of aliphatic hydroxyl groups is 2. The van der Waals surface area contributed by atoms with Gasteiger partial charge in [-0.3, -0.25) is 9.59 Å². The van der Waals surface area contributed by atoms with Gasteiger partial charge in [-0.1, -0.05) is 402 Å². The Kier molecular flexibility index (Phi) is 77.9. The third kappa shape index (κ3) is 76.5. The Hall–Kier alpha value is -2.44. The van der Waals surface area contributed by atoms with E-state index < -0.39 is 12.1 Å². The molecule has 0 aromatic heterocycles. The molecule has 0 spiro atoms. The minimum Gasteiger partial charge on any atom is -0.466 e. The van der Waals surface area contributed by atoms with Gasteiger partial charge in [-0.05, 0) is 89.9 Å². The van der Waals surface area contributed by atoms with Gasteiger partial charge < -0.3 is 20.3 Å². The molecule has 0 aliphatic carbocycles. The quantitative estimate of drug-likeness (QED) is 0.0320. The van der Waals surface area contributed by atoms with E-state index in [0.717, 1.165) is 57.8 Å². The maximum Gasteiger partial charge on any atom is 0.305 e. The van der Waals surface area contributed by atoms with Gasteiger partial charge >= 0.3 is 5.97 Å². The number of hydrogen-bond donors (Lipinski definition) is 3. The van der Waals surface area contributed by atoms with Crippen molar-refractivity contribution in [2.24, 2.45) is 0 Å². The largest absolute Gasteiger partial charge is 0.466 e. The van der Waals surface area contributed by atoms with E-state index >= 15 is 0 Å². The normalized spacial score (nSPS) is 12.8. The number of nitrogens with one attached hydrogen (secondary N) is 1. The second-order valence-electron chi connectivity index (χ2n) is 28.1. The molecule has 2 unspecified atom stereocenters. The van der Waals surface area contributed by atoms with Crippen LogP contribution in [0.15, 0.2) is 60.8 Å². The molecule has 0 radical (unpaired) electrons. The molecule has 0 heterocycles. The molecule has 0 aliphatic heterocycles. The molecule has 0 rings (SSSR count). The van der Waals surface area contributed by atoms with Crippen LogP contribution in [0.25, 0.3) is 0 Å². The molecular formula is C85H159NO5. The fourth-order valence-corrected chi connectivity index (χ4v) is 12.7. The van der Waals surface area contributed by atoms with E-state index in [2.05, 4.69) is 67.8 Å². The third-order valence-corrected chi connectivity index (χ3v) is 19.0. The fraction of sp³-hybridized carbons (Fsp3) is 0.859. The molecule has 0 fully saturated rings. The van der Waals surface area contributed by atoms with Crippen LogP contribution in [-0.4, -0.2) is 47.4 Å². The molecule has 534 valence electrons. The van der Waals surface area contributed by atoms with Gasteiger partial charge in [0.05, 0.1) is 25.4 Å². The van der Waals surface area contributed by atoms with Crippen molar-refractivity contribution in [1.29, 1.82) is 0 Å². The number of ether oxygens (including phenoxy) is 1. The first-order valence-electron chi connectivity index (χ1n) is 41.1. The minimum absolute atomic E-state index is 0.00407. The van der Waals surface area contributed by atoms with Crippen LogP contribution < -0.4 is 5.32 Å². The van der Waals surface area contributed by atoms with Crippen molar-refractivity contribution in [3.05, 3.63) is 60.8 Å². The summed E-state index contributed by atoms with van der Waals surface area (Å²) in [6.07, 6.45) is 108. The zero-order valence-corrected chi connectivity index (χ0v) is 61.3. The molecule has 6 heteroatoms. The van der Waals surface area contributed by atoms with Crippen LogP contribution in [0.1, 0.15) is 444 Å². The van der Waals surface area contributed by atoms with Crippen LogP contribution in [-0.2, 0) is 14.3 Å². The Morgan fingerprint density at radius 3 is 0.868 bits per heavy atom. The first kappa shape index (κ1) is 88.6. The molecule has 0 bridgehead atoms. The van der Waals surface area contributed by atoms with Crippen molar-refractivity contribution in [3.8, 4) is 0 Å². The van der Waals surface area contributed by atoms with Crippen molar-refractivity contribution < 1.29 is 24.5 Å². The molecule has 0 saturated carbocycles. The van der Waals surface area contributed by atoms with Crippen molar-refractivity contribution in [2.75, 3.05) is 13.2 Å². The average molecular weight is 1280 g/mol. The highest BCUT2D eigenvalue weighted by atomic mass is 16.5. The summed E-state index contributed by atoms with van der Waals surface area (Å²) in [5.41, 5.74) is 0. The predicted molar refractivity (Wildman–Crippen MR) is 402 cm³/mol.